The van der Waals surface area contributed by atoms with E-state index < -0.39 is 0 Å². The van der Waals surface area contributed by atoms with E-state index in [1.54, 1.807) is 23.8 Å². The van der Waals surface area contributed by atoms with Crippen molar-refractivity contribution in [2.75, 3.05) is 41.7 Å². The van der Waals surface area contributed by atoms with E-state index in [4.69, 9.17) is 23.7 Å². The molecule has 3 aliphatic rings. The van der Waals surface area contributed by atoms with Crippen LogP contribution in [0.3, 0.4) is 0 Å². The summed E-state index contributed by atoms with van der Waals surface area (Å²) in [6, 6.07) is 12.7. The minimum atomic E-state index is -0.255. The van der Waals surface area contributed by atoms with Gasteiger partial charge in [-0.3, -0.25) is 14.5 Å². The molecule has 0 fully saturated rings. The van der Waals surface area contributed by atoms with Crippen LogP contribution < -0.4 is 29.2 Å². The number of likely N-dealkylation sites (N-methyl/N-ethyl adjacent to an activating group) is 1. The summed E-state index contributed by atoms with van der Waals surface area (Å²) >= 11 is 0. The van der Waals surface area contributed by atoms with Crippen LogP contribution in [0.1, 0.15) is 33.1 Å². The van der Waals surface area contributed by atoms with Crippen LogP contribution in [-0.4, -0.2) is 57.0 Å². The molecule has 0 N–H and O–H groups in total. The van der Waals surface area contributed by atoms with Gasteiger partial charge in [0, 0.05) is 35.2 Å². The molecule has 0 spiro atoms. The molecule has 0 saturated carbocycles. The molecule has 0 unspecified atom stereocenters. The number of nitrogens with zero attached hydrogens (tertiary/aromatic N) is 2. The third kappa shape index (κ3) is 3.24. The van der Waals surface area contributed by atoms with E-state index >= 15 is 0 Å². The number of methoxy groups -OCH3 is 3. The van der Waals surface area contributed by atoms with Crippen LogP contribution in [0.4, 0.5) is 0 Å². The molecule has 2 aliphatic heterocycles. The van der Waals surface area contributed by atoms with E-state index in [1.165, 1.54) is 14.2 Å². The number of carbonyl (C=O) groups excluding carboxylic acids is 1. The van der Waals surface area contributed by atoms with Crippen LogP contribution in [-0.2, 0) is 13.0 Å². The van der Waals surface area contributed by atoms with Gasteiger partial charge in [0.25, 0.3) is 5.56 Å². The van der Waals surface area contributed by atoms with Crippen LogP contribution in [0.2, 0.25) is 0 Å². The molecule has 4 aromatic rings. The molecule has 7 rings (SSSR count). The van der Waals surface area contributed by atoms with Crippen LogP contribution in [0.15, 0.2) is 47.3 Å². The minimum absolute atomic E-state index is 0.116. The molecule has 0 saturated heterocycles. The Morgan fingerprint density at radius 2 is 1.73 bits per heavy atom. The van der Waals surface area contributed by atoms with E-state index in [0.29, 0.717) is 56.3 Å². The van der Waals surface area contributed by atoms with Gasteiger partial charge in [-0.25, -0.2) is 0 Å². The predicted molar refractivity (Wildman–Crippen MR) is 148 cm³/mol. The highest BCUT2D eigenvalue weighted by molar-refractivity contribution is 6.27. The van der Waals surface area contributed by atoms with Crippen molar-refractivity contribution in [1.82, 2.24) is 9.47 Å². The number of ketones is 1. The lowest BCUT2D eigenvalue weighted by Crippen LogP contribution is -2.38. The Morgan fingerprint density at radius 3 is 2.48 bits per heavy atom. The van der Waals surface area contributed by atoms with E-state index in [-0.39, 0.29) is 30.7 Å². The summed E-state index contributed by atoms with van der Waals surface area (Å²) in [6.07, 6.45) is 0.798. The van der Waals surface area contributed by atoms with Crippen LogP contribution in [0, 0.1) is 0 Å². The Hall–Kier alpha value is -4.50. The number of hydrogen-bond acceptors (Lipinski definition) is 8. The fourth-order valence-electron chi connectivity index (χ4n) is 6.48. The fraction of sp³-hybridized carbons (Fsp3) is 0.290. The van der Waals surface area contributed by atoms with Gasteiger partial charge >= 0.3 is 0 Å². The Labute approximate surface area is 230 Å². The maximum Gasteiger partial charge on any atom is 0.262 e. The predicted octanol–water partition coefficient (Wildman–Crippen LogP) is 4.20. The molecule has 1 aromatic heterocycles. The molecule has 40 heavy (non-hydrogen) atoms. The second kappa shape index (κ2) is 9.02. The van der Waals surface area contributed by atoms with Crippen molar-refractivity contribution in [2.45, 2.75) is 19.0 Å². The summed E-state index contributed by atoms with van der Waals surface area (Å²) in [4.78, 5) is 30.6. The molecular formula is C31H28N2O7. The van der Waals surface area contributed by atoms with Gasteiger partial charge in [0.2, 0.25) is 12.5 Å². The standard InChI is InChI=1S/C31H28N2O7/c1-32-12-11-16-13-22-29(40-15-39-22)30(38-4)23(16)20(32)14-33-26-17-7-5-6-8-18(17)27(34)24(26)19-9-10-21(36-2)28(37-3)25(19)31(33)35/h5-10,13,20H,11-12,14-15H2,1-4H3/t20-/m0/s1. The summed E-state index contributed by atoms with van der Waals surface area (Å²) < 4.78 is 30.3. The number of carbonyl (C=O) groups is 1. The summed E-state index contributed by atoms with van der Waals surface area (Å²) in [5, 5.41) is 0.867. The fourth-order valence-corrected chi connectivity index (χ4v) is 6.48. The average molecular weight is 541 g/mol. The third-order valence-corrected chi connectivity index (χ3v) is 8.34. The first-order valence-corrected chi connectivity index (χ1v) is 13.1. The maximum atomic E-state index is 14.5. The molecule has 204 valence electrons. The second-order valence-electron chi connectivity index (χ2n) is 10.2. The SMILES string of the molecule is COc1ccc2c3c(n(C[C@H]4c5c(cc6c(c5OC)OCO6)CCN4C)c(=O)c2c1OC)-c1ccccc1C3=O. The number of rotatable bonds is 5. The first kappa shape index (κ1) is 24.5. The summed E-state index contributed by atoms with van der Waals surface area (Å²) in [6.45, 7) is 1.18. The second-order valence-corrected chi connectivity index (χ2v) is 10.2. The molecule has 9 heteroatoms. The summed E-state index contributed by atoms with van der Waals surface area (Å²) in [5.41, 5.74) is 4.22. The van der Waals surface area contributed by atoms with Crippen LogP contribution in [0.25, 0.3) is 22.0 Å². The minimum Gasteiger partial charge on any atom is -0.493 e. The van der Waals surface area contributed by atoms with Gasteiger partial charge < -0.3 is 28.3 Å². The monoisotopic (exact) mass is 540 g/mol. The average Bonchev–Trinajstić information content (AvgIpc) is 3.56. The molecule has 3 aromatic carbocycles. The molecular weight excluding hydrogens is 512 g/mol. The topological polar surface area (TPSA) is 88.5 Å². The first-order chi connectivity index (χ1) is 19.5. The molecule has 1 aliphatic carbocycles. The Morgan fingerprint density at radius 1 is 0.950 bits per heavy atom. The summed E-state index contributed by atoms with van der Waals surface area (Å²) in [5.74, 6) is 2.47. The number of benzene rings is 3. The smallest absolute Gasteiger partial charge is 0.262 e. The zero-order chi connectivity index (χ0) is 27.7. The molecule has 0 radical (unpaired) electrons. The normalized spacial score (nSPS) is 17.0. The van der Waals surface area contributed by atoms with Gasteiger partial charge in [0.1, 0.15) is 0 Å². The number of hydrogen-bond donors (Lipinski definition) is 0. The van der Waals surface area contributed by atoms with Gasteiger partial charge in [-0.15, -0.1) is 0 Å². The lowest BCUT2D eigenvalue weighted by molar-refractivity contribution is 0.104. The van der Waals surface area contributed by atoms with Crippen molar-refractivity contribution in [3.05, 3.63) is 75.1 Å². The molecule has 1 atom stereocenters. The van der Waals surface area contributed by atoms with Crippen molar-refractivity contribution in [1.29, 1.82) is 0 Å². The molecule has 9 nitrogen and oxygen atoms in total. The number of ether oxygens (including phenoxy) is 5. The van der Waals surface area contributed by atoms with E-state index in [2.05, 4.69) is 4.90 Å². The van der Waals surface area contributed by atoms with Crippen molar-refractivity contribution < 1.29 is 28.5 Å². The number of fused-ring (bicyclic) bond motifs is 7. The molecule has 3 heterocycles. The Kier molecular flexibility index (Phi) is 5.54. The largest absolute Gasteiger partial charge is 0.493 e. The van der Waals surface area contributed by atoms with Crippen LogP contribution >= 0.6 is 0 Å². The Balaban J connectivity index is 1.53. The zero-order valence-electron chi connectivity index (χ0n) is 22.7. The number of aromatic nitrogens is 1. The molecule has 0 amide bonds. The molecule has 0 bridgehead atoms. The van der Waals surface area contributed by atoms with Crippen molar-refractivity contribution in [2.24, 2.45) is 0 Å². The van der Waals surface area contributed by atoms with Crippen molar-refractivity contribution in [3.63, 3.8) is 0 Å². The van der Waals surface area contributed by atoms with Gasteiger partial charge in [-0.2, -0.15) is 0 Å². The third-order valence-electron chi connectivity index (χ3n) is 8.34. The zero-order valence-corrected chi connectivity index (χ0v) is 22.7. The maximum absolute atomic E-state index is 14.5. The summed E-state index contributed by atoms with van der Waals surface area (Å²) in [7, 11) is 6.69. The first-order valence-electron chi connectivity index (χ1n) is 13.1. The number of pyridine rings is 1. The van der Waals surface area contributed by atoms with E-state index in [1.807, 2.05) is 37.4 Å². The lowest BCUT2D eigenvalue weighted by atomic mass is 9.90. The van der Waals surface area contributed by atoms with Crippen molar-refractivity contribution in [3.8, 4) is 40.0 Å². The van der Waals surface area contributed by atoms with E-state index in [9.17, 15) is 9.59 Å². The highest BCUT2D eigenvalue weighted by Gasteiger charge is 2.38. The highest BCUT2D eigenvalue weighted by Crippen LogP contribution is 2.50. The quantitative estimate of drug-likeness (QED) is 0.328. The highest BCUT2D eigenvalue weighted by atomic mass is 16.7. The van der Waals surface area contributed by atoms with Gasteiger partial charge in [0.05, 0.1) is 44.0 Å². The van der Waals surface area contributed by atoms with Gasteiger partial charge in [-0.05, 0) is 37.2 Å². The lowest BCUT2D eigenvalue weighted by Gasteiger charge is -2.36. The van der Waals surface area contributed by atoms with Crippen LogP contribution in [0.5, 0.6) is 28.7 Å². The van der Waals surface area contributed by atoms with Crippen molar-refractivity contribution >= 4 is 16.6 Å². The van der Waals surface area contributed by atoms with Gasteiger partial charge in [0.15, 0.2) is 28.8 Å². The van der Waals surface area contributed by atoms with E-state index in [0.717, 1.165) is 29.7 Å². The van der Waals surface area contributed by atoms with Gasteiger partial charge in [-0.1, -0.05) is 24.3 Å². The Bertz CT molecular complexity index is 1790.